The Hall–Kier alpha value is -4.14. The van der Waals surface area contributed by atoms with E-state index in [9.17, 15) is 40.7 Å². The highest BCUT2D eigenvalue weighted by atomic mass is 19.4. The molecule has 0 spiro atoms. The van der Waals surface area contributed by atoms with Crippen molar-refractivity contribution in [1.82, 2.24) is 9.88 Å². The van der Waals surface area contributed by atoms with Crippen molar-refractivity contribution in [3.63, 3.8) is 0 Å². The third kappa shape index (κ3) is 6.47. The van der Waals surface area contributed by atoms with E-state index in [2.05, 4.69) is 9.72 Å². The summed E-state index contributed by atoms with van der Waals surface area (Å²) in [5.74, 6) is -4.24. The molecule has 1 aliphatic heterocycles. The minimum atomic E-state index is -5.42. The number of carbonyl (C=O) groups is 2. The summed E-state index contributed by atoms with van der Waals surface area (Å²) in [5, 5.41) is 0.277. The van der Waals surface area contributed by atoms with Gasteiger partial charge in [0, 0.05) is 24.2 Å². The van der Waals surface area contributed by atoms with Crippen molar-refractivity contribution < 1.29 is 49.8 Å². The molecule has 1 fully saturated rings. The Labute approximate surface area is 215 Å². The number of hydrogen-bond acceptors (Lipinski definition) is 8. The molecule has 0 saturated carbocycles. The zero-order valence-corrected chi connectivity index (χ0v) is 19.7. The maximum absolute atomic E-state index is 13.4. The topological polar surface area (TPSA) is 125 Å². The number of benzene rings is 1. The lowest BCUT2D eigenvalue weighted by molar-refractivity contribution is -0.205. The fourth-order valence-electron chi connectivity index (χ4n) is 3.90. The molecular formula is C24H19F6N3O6. The highest BCUT2D eigenvalue weighted by Gasteiger charge is 2.42. The number of likely N-dealkylation sites (tertiary alicyclic amines) is 1. The summed E-state index contributed by atoms with van der Waals surface area (Å²) < 4.78 is 92.9. The van der Waals surface area contributed by atoms with Crippen molar-refractivity contribution in [3.05, 3.63) is 69.7 Å². The monoisotopic (exact) mass is 559 g/mol. The second-order valence-corrected chi connectivity index (χ2v) is 8.55. The van der Waals surface area contributed by atoms with Gasteiger partial charge in [-0.15, -0.1) is 0 Å². The Bertz CT molecular complexity index is 1450. The Morgan fingerprint density at radius 3 is 2.51 bits per heavy atom. The normalized spacial score (nSPS) is 17.1. The van der Waals surface area contributed by atoms with E-state index in [0.717, 1.165) is 12.1 Å². The highest BCUT2D eigenvalue weighted by molar-refractivity contribution is 5.93. The Morgan fingerprint density at radius 1 is 1.10 bits per heavy atom. The molecule has 1 aromatic carbocycles. The van der Waals surface area contributed by atoms with Gasteiger partial charge in [0.1, 0.15) is 17.4 Å². The van der Waals surface area contributed by atoms with Crippen molar-refractivity contribution in [2.45, 2.75) is 37.5 Å². The first-order chi connectivity index (χ1) is 18.2. The van der Waals surface area contributed by atoms with Crippen molar-refractivity contribution >= 4 is 22.8 Å². The van der Waals surface area contributed by atoms with Gasteiger partial charge in [0.25, 0.3) is 5.91 Å². The summed E-state index contributed by atoms with van der Waals surface area (Å²) in [4.78, 5) is 41.1. The van der Waals surface area contributed by atoms with Crippen LogP contribution in [0.25, 0.3) is 11.0 Å². The SMILES string of the molecule is NC(OC(=O)C(F)(F)F)c1cc(O[C@H]2CCCN(C(=O)c3cc(=O)c4ccccc4o3)C2)nc(C(F)(F)F)c1. The van der Waals surface area contributed by atoms with E-state index in [-0.39, 0.29) is 36.2 Å². The van der Waals surface area contributed by atoms with Gasteiger partial charge in [0.15, 0.2) is 17.4 Å². The molecule has 0 radical (unpaired) electrons. The molecule has 1 amide bonds. The van der Waals surface area contributed by atoms with Gasteiger partial charge in [0.2, 0.25) is 5.88 Å². The molecule has 208 valence electrons. The van der Waals surface area contributed by atoms with E-state index in [1.807, 2.05) is 0 Å². The quantitative estimate of drug-likeness (QED) is 0.283. The van der Waals surface area contributed by atoms with Crippen molar-refractivity contribution in [2.75, 3.05) is 13.1 Å². The van der Waals surface area contributed by atoms with Crippen molar-refractivity contribution in [2.24, 2.45) is 5.73 Å². The van der Waals surface area contributed by atoms with E-state index in [0.29, 0.717) is 12.5 Å². The highest BCUT2D eigenvalue weighted by Crippen LogP contribution is 2.33. The van der Waals surface area contributed by atoms with Crippen LogP contribution in [0.1, 0.15) is 40.9 Å². The van der Waals surface area contributed by atoms with E-state index in [1.54, 1.807) is 12.1 Å². The zero-order chi connectivity index (χ0) is 28.5. The molecule has 0 aliphatic carbocycles. The van der Waals surface area contributed by atoms with Gasteiger partial charge in [-0.3, -0.25) is 15.3 Å². The summed E-state index contributed by atoms with van der Waals surface area (Å²) >= 11 is 0. The number of fused-ring (bicyclic) bond motifs is 1. The van der Waals surface area contributed by atoms with E-state index >= 15 is 0 Å². The standard InChI is InChI=1S/C24H19F6N3O6/c25-23(26,27)18-8-12(20(31)39-22(36)24(28,29)30)9-19(32-18)37-13-4-3-7-33(11-13)21(35)17-10-15(34)14-5-1-2-6-16(14)38-17/h1-2,5-6,8-10,13,20H,3-4,7,11,31H2/t13-,20?/m0/s1. The number of aromatic nitrogens is 1. The second kappa shape index (κ2) is 10.6. The average Bonchev–Trinajstić information content (AvgIpc) is 2.87. The molecular weight excluding hydrogens is 540 g/mol. The number of ether oxygens (including phenoxy) is 2. The maximum Gasteiger partial charge on any atom is 0.490 e. The minimum absolute atomic E-state index is 0.127. The fourth-order valence-corrected chi connectivity index (χ4v) is 3.90. The van der Waals surface area contributed by atoms with Crippen LogP contribution in [0.15, 0.2) is 51.7 Å². The van der Waals surface area contributed by atoms with Crippen LogP contribution < -0.4 is 15.9 Å². The first kappa shape index (κ1) is 27.9. The predicted molar refractivity (Wildman–Crippen MR) is 120 cm³/mol. The number of carbonyl (C=O) groups excluding carboxylic acids is 2. The van der Waals surface area contributed by atoms with Gasteiger partial charge in [-0.25, -0.2) is 9.78 Å². The smallest absolute Gasteiger partial charge is 0.472 e. The summed E-state index contributed by atoms with van der Waals surface area (Å²) in [5.41, 5.74) is 2.97. The molecule has 3 aromatic rings. The molecule has 2 N–H and O–H groups in total. The first-order valence-electron chi connectivity index (χ1n) is 11.3. The molecule has 1 unspecified atom stereocenters. The molecule has 9 nitrogen and oxygen atoms in total. The van der Waals surface area contributed by atoms with Gasteiger partial charge in [-0.05, 0) is 31.0 Å². The van der Waals surface area contributed by atoms with Crippen LogP contribution in [0.2, 0.25) is 0 Å². The van der Waals surface area contributed by atoms with Crippen LogP contribution in [-0.4, -0.2) is 47.1 Å². The van der Waals surface area contributed by atoms with Gasteiger partial charge >= 0.3 is 18.3 Å². The summed E-state index contributed by atoms with van der Waals surface area (Å²) in [6.07, 6.45) is -12.9. The molecule has 2 atom stereocenters. The molecule has 4 rings (SSSR count). The molecule has 15 heteroatoms. The number of halogens is 6. The number of nitrogens with zero attached hydrogens (tertiary/aromatic N) is 2. The lowest BCUT2D eigenvalue weighted by Gasteiger charge is -2.32. The fraction of sp³-hybridized carbons (Fsp3) is 0.333. The van der Waals surface area contributed by atoms with Crippen molar-refractivity contribution in [3.8, 4) is 5.88 Å². The zero-order valence-electron chi connectivity index (χ0n) is 19.7. The lowest BCUT2D eigenvalue weighted by atomic mass is 10.1. The number of alkyl halides is 6. The number of amides is 1. The van der Waals surface area contributed by atoms with Crippen LogP contribution in [0.5, 0.6) is 5.88 Å². The average molecular weight is 559 g/mol. The number of piperidine rings is 1. The molecule has 2 aromatic heterocycles. The van der Waals surface area contributed by atoms with E-state index < -0.39 is 59.1 Å². The Morgan fingerprint density at radius 2 is 1.82 bits per heavy atom. The Balaban J connectivity index is 1.54. The molecule has 3 heterocycles. The molecule has 0 bridgehead atoms. The number of hydrogen-bond donors (Lipinski definition) is 1. The van der Waals surface area contributed by atoms with Gasteiger partial charge in [-0.1, -0.05) is 12.1 Å². The number of para-hydroxylation sites is 1. The molecule has 1 aliphatic rings. The number of esters is 1. The summed E-state index contributed by atoms with van der Waals surface area (Å²) in [6, 6.07) is 8.49. The summed E-state index contributed by atoms with van der Waals surface area (Å²) in [7, 11) is 0. The number of rotatable bonds is 5. The predicted octanol–water partition coefficient (Wildman–Crippen LogP) is 3.95. The second-order valence-electron chi connectivity index (χ2n) is 8.55. The van der Waals surface area contributed by atoms with E-state index in [1.165, 1.54) is 17.0 Å². The van der Waals surface area contributed by atoms with Crippen LogP contribution in [0.3, 0.4) is 0 Å². The van der Waals surface area contributed by atoms with Crippen LogP contribution in [0, 0.1) is 0 Å². The van der Waals surface area contributed by atoms with E-state index in [4.69, 9.17) is 14.9 Å². The van der Waals surface area contributed by atoms with Crippen LogP contribution >= 0.6 is 0 Å². The largest absolute Gasteiger partial charge is 0.490 e. The van der Waals surface area contributed by atoms with Gasteiger partial charge < -0.3 is 18.8 Å². The van der Waals surface area contributed by atoms with Crippen LogP contribution in [0.4, 0.5) is 26.3 Å². The molecule has 1 saturated heterocycles. The third-order valence-electron chi connectivity index (χ3n) is 5.71. The number of pyridine rings is 1. The summed E-state index contributed by atoms with van der Waals surface area (Å²) in [6.45, 7) is 0.104. The molecule has 39 heavy (non-hydrogen) atoms. The third-order valence-corrected chi connectivity index (χ3v) is 5.71. The van der Waals surface area contributed by atoms with Gasteiger partial charge in [-0.2, -0.15) is 26.3 Å². The minimum Gasteiger partial charge on any atom is -0.472 e. The lowest BCUT2D eigenvalue weighted by Crippen LogP contribution is -2.44. The number of nitrogens with two attached hydrogens (primary N) is 1. The maximum atomic E-state index is 13.4. The van der Waals surface area contributed by atoms with Crippen molar-refractivity contribution in [1.29, 1.82) is 0 Å². The first-order valence-corrected chi connectivity index (χ1v) is 11.3. The van der Waals surface area contributed by atoms with Crippen LogP contribution in [-0.2, 0) is 15.7 Å². The van der Waals surface area contributed by atoms with Gasteiger partial charge in [0.05, 0.1) is 11.9 Å². The Kier molecular flexibility index (Phi) is 7.54.